The lowest BCUT2D eigenvalue weighted by Gasteiger charge is -2.15. The van der Waals surface area contributed by atoms with Crippen molar-refractivity contribution in [3.8, 4) is 22.8 Å². The van der Waals surface area contributed by atoms with Crippen LogP contribution in [0.15, 0.2) is 48.5 Å². The zero-order valence-corrected chi connectivity index (χ0v) is 17.8. The minimum atomic E-state index is 0.0123. The second-order valence-corrected chi connectivity index (χ2v) is 7.59. The Kier molecular flexibility index (Phi) is 4.87. The number of halogens is 4. The van der Waals surface area contributed by atoms with E-state index in [1.807, 2.05) is 48.5 Å². The first-order valence-electron chi connectivity index (χ1n) is 8.59. The average molecular weight is 474 g/mol. The molecule has 5 aromatic rings. The summed E-state index contributed by atoms with van der Waals surface area (Å²) in [6.07, 6.45) is 0. The molecule has 0 bridgehead atoms. The van der Waals surface area contributed by atoms with Gasteiger partial charge in [0, 0.05) is 11.1 Å². The first kappa shape index (κ1) is 19.3. The van der Waals surface area contributed by atoms with Crippen LogP contribution in [0.5, 0.6) is 0 Å². The maximum Gasteiger partial charge on any atom is 0.227 e. The van der Waals surface area contributed by atoms with Crippen molar-refractivity contribution in [2.75, 3.05) is 0 Å². The van der Waals surface area contributed by atoms with Crippen molar-refractivity contribution in [2.24, 2.45) is 0 Å². The predicted octanol–water partition coefficient (Wildman–Crippen LogP) is 6.31. The van der Waals surface area contributed by atoms with Gasteiger partial charge < -0.3 is 0 Å². The molecule has 0 N–H and O–H groups in total. The van der Waals surface area contributed by atoms with Crippen LogP contribution in [-0.2, 0) is 0 Å². The van der Waals surface area contributed by atoms with Gasteiger partial charge in [-0.3, -0.25) is 0 Å². The number of aromatic nitrogens is 6. The predicted molar refractivity (Wildman–Crippen MR) is 119 cm³/mol. The number of fused-ring (bicyclic) bond motifs is 2. The van der Waals surface area contributed by atoms with E-state index in [1.165, 1.54) is 0 Å². The Balaban J connectivity index is 1.99. The lowest BCUT2D eigenvalue weighted by atomic mass is 9.91. The third kappa shape index (κ3) is 3.32. The first-order valence-corrected chi connectivity index (χ1v) is 10.1. The van der Waals surface area contributed by atoms with Gasteiger partial charge >= 0.3 is 0 Å². The Bertz CT molecular complexity index is 1250. The van der Waals surface area contributed by atoms with Crippen molar-refractivity contribution < 1.29 is 0 Å². The fourth-order valence-corrected chi connectivity index (χ4v) is 4.21. The van der Waals surface area contributed by atoms with E-state index in [2.05, 4.69) is 29.9 Å². The molecule has 30 heavy (non-hydrogen) atoms. The van der Waals surface area contributed by atoms with Crippen LogP contribution < -0.4 is 0 Å². The van der Waals surface area contributed by atoms with Gasteiger partial charge in [-0.25, -0.2) is 0 Å². The van der Waals surface area contributed by atoms with E-state index >= 15 is 0 Å². The molecule has 146 valence electrons. The average Bonchev–Trinajstić information content (AvgIpc) is 2.70. The molecule has 0 aliphatic heterocycles. The zero-order chi connectivity index (χ0) is 20.8. The second kappa shape index (κ2) is 7.56. The highest BCUT2D eigenvalue weighted by Crippen LogP contribution is 2.42. The molecule has 0 aliphatic carbocycles. The van der Waals surface area contributed by atoms with Crippen molar-refractivity contribution in [1.29, 1.82) is 0 Å². The molecule has 0 saturated heterocycles. The molecule has 3 aromatic carbocycles. The normalized spacial score (nSPS) is 11.3. The largest absolute Gasteiger partial charge is 0.227 e. The van der Waals surface area contributed by atoms with Crippen LogP contribution in [0.1, 0.15) is 0 Å². The zero-order valence-electron chi connectivity index (χ0n) is 14.8. The maximum absolute atomic E-state index is 6.06. The van der Waals surface area contributed by atoms with Crippen LogP contribution >= 0.6 is 46.4 Å². The van der Waals surface area contributed by atoms with Gasteiger partial charge in [-0.05, 0) is 67.9 Å². The Morgan fingerprint density at radius 1 is 0.400 bits per heavy atom. The molecule has 0 aliphatic rings. The quantitative estimate of drug-likeness (QED) is 0.279. The summed E-state index contributed by atoms with van der Waals surface area (Å²) in [4.78, 5) is 25.0. The highest BCUT2D eigenvalue weighted by Gasteiger charge is 2.20. The van der Waals surface area contributed by atoms with Crippen molar-refractivity contribution in [3.05, 3.63) is 69.7 Å². The van der Waals surface area contributed by atoms with E-state index in [9.17, 15) is 0 Å². The number of hydrogen-bond donors (Lipinski definition) is 0. The molecule has 0 atom stereocenters. The first-order chi connectivity index (χ1) is 14.5. The molecule has 5 rings (SSSR count). The molecular weight excluding hydrogens is 466 g/mol. The monoisotopic (exact) mass is 472 g/mol. The van der Waals surface area contributed by atoms with E-state index in [0.717, 1.165) is 32.7 Å². The fraction of sp³-hybridized carbons (Fsp3) is 0. The maximum atomic E-state index is 6.06. The molecule has 2 aromatic heterocycles. The lowest BCUT2D eigenvalue weighted by molar-refractivity contribution is 1.06. The Morgan fingerprint density at radius 3 is 0.933 bits per heavy atom. The Hall–Kier alpha value is -2.64. The minimum absolute atomic E-state index is 0.0123. The second-order valence-electron chi connectivity index (χ2n) is 6.24. The summed E-state index contributed by atoms with van der Waals surface area (Å²) < 4.78 is 0. The van der Waals surface area contributed by atoms with E-state index in [1.54, 1.807) is 0 Å². The van der Waals surface area contributed by atoms with Crippen molar-refractivity contribution in [1.82, 2.24) is 29.9 Å². The summed E-state index contributed by atoms with van der Waals surface area (Å²) in [5.74, 6) is 0.733. The van der Waals surface area contributed by atoms with E-state index in [0.29, 0.717) is 11.6 Å². The van der Waals surface area contributed by atoms with Crippen LogP contribution in [0.3, 0.4) is 0 Å². The molecule has 10 heteroatoms. The molecule has 2 heterocycles. The van der Waals surface area contributed by atoms with Crippen LogP contribution in [0, 0.1) is 0 Å². The van der Waals surface area contributed by atoms with Gasteiger partial charge in [0.2, 0.25) is 21.1 Å². The van der Waals surface area contributed by atoms with E-state index in [-0.39, 0.29) is 21.1 Å². The van der Waals surface area contributed by atoms with Crippen LogP contribution in [0.2, 0.25) is 21.1 Å². The number of benzene rings is 3. The summed E-state index contributed by atoms with van der Waals surface area (Å²) in [5.41, 5.74) is 1.53. The van der Waals surface area contributed by atoms with Crippen LogP contribution in [0.25, 0.3) is 44.3 Å². The van der Waals surface area contributed by atoms with Gasteiger partial charge in [-0.2, -0.15) is 29.9 Å². The summed E-state index contributed by atoms with van der Waals surface area (Å²) >= 11 is 24.2. The van der Waals surface area contributed by atoms with Crippen LogP contribution in [0.4, 0.5) is 0 Å². The standard InChI is InChI=1S/C20H8Cl4N6/c21-17-25-15(26-18(22)29-17)13-9-5-1-2-6-10(9)14(12-8-4-3-7-11(12)13)16-27-19(23)30-20(24)28-16/h1-8H. The molecule has 0 radical (unpaired) electrons. The van der Waals surface area contributed by atoms with Gasteiger partial charge in [0.1, 0.15) is 0 Å². The van der Waals surface area contributed by atoms with E-state index < -0.39 is 0 Å². The van der Waals surface area contributed by atoms with Crippen molar-refractivity contribution >= 4 is 67.9 Å². The molecular formula is C20H8Cl4N6. The summed E-state index contributed by atoms with van der Waals surface area (Å²) in [5, 5.41) is 3.48. The lowest BCUT2D eigenvalue weighted by Crippen LogP contribution is -1.99. The molecule has 6 nitrogen and oxygen atoms in total. The smallest absolute Gasteiger partial charge is 0.198 e. The topological polar surface area (TPSA) is 77.3 Å². The van der Waals surface area contributed by atoms with Gasteiger partial charge in [0.15, 0.2) is 11.6 Å². The Labute approximate surface area is 189 Å². The summed E-state index contributed by atoms with van der Waals surface area (Å²) in [7, 11) is 0. The molecule has 0 fully saturated rings. The molecule has 0 unspecified atom stereocenters. The molecule has 0 saturated carbocycles. The number of nitrogens with zero attached hydrogens (tertiary/aromatic N) is 6. The van der Waals surface area contributed by atoms with Gasteiger partial charge in [-0.1, -0.05) is 48.5 Å². The SMILES string of the molecule is Clc1nc(Cl)nc(-c2c3ccccc3c(-c3nc(Cl)nc(Cl)n3)c3ccccc23)n1. The van der Waals surface area contributed by atoms with Crippen molar-refractivity contribution in [3.63, 3.8) is 0 Å². The number of hydrogen-bond acceptors (Lipinski definition) is 6. The molecule has 0 spiro atoms. The minimum Gasteiger partial charge on any atom is -0.198 e. The van der Waals surface area contributed by atoms with Crippen molar-refractivity contribution in [2.45, 2.75) is 0 Å². The van der Waals surface area contributed by atoms with Gasteiger partial charge in [0.25, 0.3) is 0 Å². The third-order valence-electron chi connectivity index (χ3n) is 4.54. The summed E-state index contributed by atoms with van der Waals surface area (Å²) in [6, 6.07) is 15.5. The van der Waals surface area contributed by atoms with Gasteiger partial charge in [-0.15, -0.1) is 0 Å². The molecule has 0 amide bonds. The van der Waals surface area contributed by atoms with Gasteiger partial charge in [0.05, 0.1) is 0 Å². The third-order valence-corrected chi connectivity index (χ3v) is 5.22. The number of rotatable bonds is 2. The van der Waals surface area contributed by atoms with Crippen LogP contribution in [-0.4, -0.2) is 29.9 Å². The highest BCUT2D eigenvalue weighted by atomic mass is 35.5. The Morgan fingerprint density at radius 2 is 0.667 bits per heavy atom. The van der Waals surface area contributed by atoms with E-state index in [4.69, 9.17) is 46.4 Å². The fourth-order valence-electron chi connectivity index (χ4n) is 3.49. The highest BCUT2D eigenvalue weighted by molar-refractivity contribution is 6.32. The summed E-state index contributed by atoms with van der Waals surface area (Å²) in [6.45, 7) is 0.